The fourth-order valence-corrected chi connectivity index (χ4v) is 1.69. The topological polar surface area (TPSA) is 52.8 Å². The first-order valence-electron chi connectivity index (χ1n) is 5.92. The Balaban J connectivity index is 2.12. The molecule has 0 N–H and O–H groups in total. The monoisotopic (exact) mass is 246 g/mol. The number of aromatic nitrogens is 4. The summed E-state index contributed by atoms with van der Waals surface area (Å²) in [5.74, 6) is 1.59. The SMILES string of the molecule is Cc1ncccc1OCc1ncnn1C(C)(C)C. The average molecular weight is 246 g/mol. The van der Waals surface area contributed by atoms with Crippen molar-refractivity contribution >= 4 is 0 Å². The maximum absolute atomic E-state index is 5.73. The number of hydrogen-bond acceptors (Lipinski definition) is 4. The van der Waals surface area contributed by atoms with E-state index < -0.39 is 0 Å². The van der Waals surface area contributed by atoms with E-state index in [0.717, 1.165) is 17.3 Å². The Kier molecular flexibility index (Phi) is 3.32. The number of nitrogens with zero attached hydrogens (tertiary/aromatic N) is 4. The lowest BCUT2D eigenvalue weighted by molar-refractivity contribution is 0.257. The molecule has 0 atom stereocenters. The van der Waals surface area contributed by atoms with Crippen LogP contribution in [0, 0.1) is 6.92 Å². The maximum atomic E-state index is 5.73. The van der Waals surface area contributed by atoms with Gasteiger partial charge in [-0.05, 0) is 39.8 Å². The first kappa shape index (κ1) is 12.5. The van der Waals surface area contributed by atoms with Gasteiger partial charge < -0.3 is 4.74 Å². The summed E-state index contributed by atoms with van der Waals surface area (Å²) in [4.78, 5) is 8.42. The Morgan fingerprint density at radius 2 is 2.06 bits per heavy atom. The summed E-state index contributed by atoms with van der Waals surface area (Å²) in [6.07, 6.45) is 3.31. The molecular weight excluding hydrogens is 228 g/mol. The van der Waals surface area contributed by atoms with Crippen LogP contribution in [0.1, 0.15) is 32.3 Å². The van der Waals surface area contributed by atoms with E-state index in [4.69, 9.17) is 4.74 Å². The van der Waals surface area contributed by atoms with E-state index in [1.165, 1.54) is 0 Å². The molecule has 0 aliphatic heterocycles. The highest BCUT2D eigenvalue weighted by Crippen LogP contribution is 2.18. The fourth-order valence-electron chi connectivity index (χ4n) is 1.69. The van der Waals surface area contributed by atoms with Gasteiger partial charge in [-0.15, -0.1) is 0 Å². The third kappa shape index (κ3) is 2.67. The molecule has 0 radical (unpaired) electrons. The molecular formula is C13H18N4O. The van der Waals surface area contributed by atoms with Crippen molar-refractivity contribution in [3.63, 3.8) is 0 Å². The molecule has 0 aliphatic carbocycles. The highest BCUT2D eigenvalue weighted by Gasteiger charge is 2.18. The number of ether oxygens (including phenoxy) is 1. The van der Waals surface area contributed by atoms with Crippen LogP contribution in [0.5, 0.6) is 5.75 Å². The smallest absolute Gasteiger partial charge is 0.165 e. The van der Waals surface area contributed by atoms with Gasteiger partial charge >= 0.3 is 0 Å². The average Bonchev–Trinajstić information content (AvgIpc) is 2.76. The zero-order valence-electron chi connectivity index (χ0n) is 11.2. The normalized spacial score (nSPS) is 11.6. The van der Waals surface area contributed by atoms with E-state index in [0.29, 0.717) is 6.61 Å². The number of pyridine rings is 1. The van der Waals surface area contributed by atoms with Crippen molar-refractivity contribution < 1.29 is 4.74 Å². The van der Waals surface area contributed by atoms with Crippen LogP contribution in [0.4, 0.5) is 0 Å². The van der Waals surface area contributed by atoms with Gasteiger partial charge in [0.1, 0.15) is 18.7 Å². The van der Waals surface area contributed by atoms with Crippen LogP contribution in [0.3, 0.4) is 0 Å². The van der Waals surface area contributed by atoms with Crippen molar-refractivity contribution in [2.75, 3.05) is 0 Å². The van der Waals surface area contributed by atoms with Gasteiger partial charge in [0.15, 0.2) is 5.82 Å². The van der Waals surface area contributed by atoms with Crippen LogP contribution in [-0.4, -0.2) is 19.7 Å². The van der Waals surface area contributed by atoms with Gasteiger partial charge in [0.25, 0.3) is 0 Å². The molecule has 18 heavy (non-hydrogen) atoms. The Morgan fingerprint density at radius 1 is 1.28 bits per heavy atom. The molecule has 0 aliphatic rings. The van der Waals surface area contributed by atoms with Crippen LogP contribution in [-0.2, 0) is 12.1 Å². The first-order chi connectivity index (χ1) is 8.48. The van der Waals surface area contributed by atoms with E-state index in [2.05, 4.69) is 35.8 Å². The summed E-state index contributed by atoms with van der Waals surface area (Å²) >= 11 is 0. The Morgan fingerprint density at radius 3 is 2.72 bits per heavy atom. The molecule has 5 nitrogen and oxygen atoms in total. The van der Waals surface area contributed by atoms with Gasteiger partial charge in [-0.25, -0.2) is 9.67 Å². The molecule has 0 fully saturated rings. The highest BCUT2D eigenvalue weighted by atomic mass is 16.5. The van der Waals surface area contributed by atoms with Crippen molar-refractivity contribution in [3.05, 3.63) is 36.2 Å². The molecule has 0 saturated heterocycles. The second-order valence-corrected chi connectivity index (χ2v) is 5.13. The van der Waals surface area contributed by atoms with E-state index in [1.54, 1.807) is 12.5 Å². The largest absolute Gasteiger partial charge is 0.484 e. The van der Waals surface area contributed by atoms with Crippen LogP contribution >= 0.6 is 0 Å². The Bertz CT molecular complexity index is 528. The van der Waals surface area contributed by atoms with Crippen LogP contribution < -0.4 is 4.74 Å². The zero-order valence-corrected chi connectivity index (χ0v) is 11.2. The molecule has 2 aromatic rings. The van der Waals surface area contributed by atoms with Crippen molar-refractivity contribution in [3.8, 4) is 5.75 Å². The zero-order chi connectivity index (χ0) is 13.2. The van der Waals surface area contributed by atoms with Gasteiger partial charge in [-0.3, -0.25) is 4.98 Å². The predicted octanol–water partition coefficient (Wildman–Crippen LogP) is 2.32. The quantitative estimate of drug-likeness (QED) is 0.834. The molecule has 0 unspecified atom stereocenters. The molecule has 0 amide bonds. The third-order valence-corrected chi connectivity index (χ3v) is 2.57. The summed E-state index contributed by atoms with van der Waals surface area (Å²) in [6.45, 7) is 8.56. The van der Waals surface area contributed by atoms with Crippen molar-refractivity contribution in [2.24, 2.45) is 0 Å². The van der Waals surface area contributed by atoms with Crippen molar-refractivity contribution in [2.45, 2.75) is 39.8 Å². The summed E-state index contributed by atoms with van der Waals surface area (Å²) in [5.41, 5.74) is 0.776. The van der Waals surface area contributed by atoms with E-state index in [9.17, 15) is 0 Å². The number of rotatable bonds is 3. The lowest BCUT2D eigenvalue weighted by Crippen LogP contribution is -2.26. The maximum Gasteiger partial charge on any atom is 0.165 e. The molecule has 0 bridgehead atoms. The van der Waals surface area contributed by atoms with Gasteiger partial charge in [0, 0.05) is 6.20 Å². The lowest BCUT2D eigenvalue weighted by Gasteiger charge is -2.21. The number of hydrogen-bond donors (Lipinski definition) is 0. The number of aryl methyl sites for hydroxylation is 1. The standard InChI is InChI=1S/C13H18N4O/c1-10-11(6-5-7-14-10)18-8-12-15-9-16-17(12)13(2,3)4/h5-7,9H,8H2,1-4H3. The summed E-state index contributed by atoms with van der Waals surface area (Å²) in [6, 6.07) is 3.76. The summed E-state index contributed by atoms with van der Waals surface area (Å²) in [5, 5.41) is 4.23. The van der Waals surface area contributed by atoms with Gasteiger partial charge in [0.05, 0.1) is 11.2 Å². The molecule has 0 aromatic carbocycles. The fraction of sp³-hybridized carbons (Fsp3) is 0.462. The van der Waals surface area contributed by atoms with E-state index in [1.807, 2.05) is 23.7 Å². The van der Waals surface area contributed by atoms with Crippen molar-refractivity contribution in [1.82, 2.24) is 19.7 Å². The molecule has 96 valence electrons. The van der Waals surface area contributed by atoms with E-state index >= 15 is 0 Å². The predicted molar refractivity (Wildman–Crippen MR) is 68.3 cm³/mol. The van der Waals surface area contributed by atoms with E-state index in [-0.39, 0.29) is 5.54 Å². The van der Waals surface area contributed by atoms with Crippen molar-refractivity contribution in [1.29, 1.82) is 0 Å². The Hall–Kier alpha value is -1.91. The molecule has 2 aromatic heterocycles. The van der Waals surface area contributed by atoms with Crippen LogP contribution in [0.15, 0.2) is 24.7 Å². The minimum absolute atomic E-state index is 0.0980. The summed E-state index contributed by atoms with van der Waals surface area (Å²) < 4.78 is 7.60. The summed E-state index contributed by atoms with van der Waals surface area (Å²) in [7, 11) is 0. The van der Waals surface area contributed by atoms with Gasteiger partial charge in [0.2, 0.25) is 0 Å². The molecule has 0 spiro atoms. The van der Waals surface area contributed by atoms with Crippen LogP contribution in [0.2, 0.25) is 0 Å². The minimum atomic E-state index is -0.0980. The van der Waals surface area contributed by atoms with Gasteiger partial charge in [-0.1, -0.05) is 0 Å². The highest BCUT2D eigenvalue weighted by molar-refractivity contribution is 5.25. The second kappa shape index (κ2) is 4.76. The molecule has 2 heterocycles. The second-order valence-electron chi connectivity index (χ2n) is 5.13. The van der Waals surface area contributed by atoms with Gasteiger partial charge in [-0.2, -0.15) is 5.10 Å². The molecule has 0 saturated carbocycles. The molecule has 2 rings (SSSR count). The first-order valence-corrected chi connectivity index (χ1v) is 5.92. The minimum Gasteiger partial charge on any atom is -0.484 e. The lowest BCUT2D eigenvalue weighted by atomic mass is 10.1. The van der Waals surface area contributed by atoms with Crippen LogP contribution in [0.25, 0.3) is 0 Å². The molecule has 5 heteroatoms. The third-order valence-electron chi connectivity index (χ3n) is 2.57. The Labute approximate surface area is 107 Å².